The smallest absolute Gasteiger partial charge is 0.123 e. The van der Waals surface area contributed by atoms with E-state index in [1.165, 1.54) is 12.1 Å². The third-order valence-electron chi connectivity index (χ3n) is 3.08. The molecule has 20 heavy (non-hydrogen) atoms. The Bertz CT molecular complexity index is 605. The van der Waals surface area contributed by atoms with Crippen molar-refractivity contribution in [2.75, 3.05) is 5.75 Å². The van der Waals surface area contributed by atoms with Gasteiger partial charge in [0.2, 0.25) is 0 Å². The SMILES string of the molecule is Cc1cc(C)cc(C(N)CS(=O)c2ccc(F)cc2)c1. The lowest BCUT2D eigenvalue weighted by Crippen LogP contribution is -2.18. The van der Waals surface area contributed by atoms with Crippen molar-refractivity contribution in [1.29, 1.82) is 0 Å². The molecule has 106 valence electrons. The average Bonchev–Trinajstić information content (AvgIpc) is 2.38. The van der Waals surface area contributed by atoms with Crippen molar-refractivity contribution in [2.45, 2.75) is 24.8 Å². The first-order valence-electron chi connectivity index (χ1n) is 6.43. The largest absolute Gasteiger partial charge is 0.323 e. The third-order valence-corrected chi connectivity index (χ3v) is 4.54. The second-order valence-corrected chi connectivity index (χ2v) is 6.49. The van der Waals surface area contributed by atoms with E-state index in [-0.39, 0.29) is 11.9 Å². The van der Waals surface area contributed by atoms with E-state index in [4.69, 9.17) is 5.73 Å². The summed E-state index contributed by atoms with van der Waals surface area (Å²) in [7, 11) is -1.23. The van der Waals surface area contributed by atoms with Crippen LogP contribution in [0.3, 0.4) is 0 Å². The molecule has 2 nitrogen and oxygen atoms in total. The summed E-state index contributed by atoms with van der Waals surface area (Å²) in [5, 5.41) is 0. The molecule has 2 atom stereocenters. The van der Waals surface area contributed by atoms with Crippen LogP contribution in [0.2, 0.25) is 0 Å². The normalized spacial score (nSPS) is 14.0. The molecule has 0 heterocycles. The Morgan fingerprint density at radius 2 is 1.65 bits per heavy atom. The minimum Gasteiger partial charge on any atom is -0.323 e. The van der Waals surface area contributed by atoms with Crippen LogP contribution in [0.25, 0.3) is 0 Å². The molecule has 2 aromatic rings. The molecule has 0 aliphatic rings. The zero-order chi connectivity index (χ0) is 14.7. The van der Waals surface area contributed by atoms with Gasteiger partial charge < -0.3 is 5.73 Å². The van der Waals surface area contributed by atoms with Gasteiger partial charge in [0.1, 0.15) is 5.82 Å². The molecule has 0 saturated heterocycles. The Hall–Kier alpha value is -1.52. The number of rotatable bonds is 4. The summed E-state index contributed by atoms with van der Waals surface area (Å²) in [4.78, 5) is 0.603. The minimum absolute atomic E-state index is 0.292. The summed E-state index contributed by atoms with van der Waals surface area (Å²) in [6.07, 6.45) is 0. The van der Waals surface area contributed by atoms with Gasteiger partial charge in [0, 0.05) is 16.7 Å². The van der Waals surface area contributed by atoms with Crippen LogP contribution < -0.4 is 5.73 Å². The van der Waals surface area contributed by atoms with Crippen molar-refractivity contribution in [3.63, 3.8) is 0 Å². The predicted octanol–water partition coefficient (Wildman–Crippen LogP) is 3.25. The van der Waals surface area contributed by atoms with Crippen molar-refractivity contribution >= 4 is 10.8 Å². The summed E-state index contributed by atoms with van der Waals surface area (Å²) in [5.74, 6) is -0.00140. The predicted molar refractivity (Wildman–Crippen MR) is 80.5 cm³/mol. The van der Waals surface area contributed by atoms with Gasteiger partial charge in [-0.1, -0.05) is 29.3 Å². The molecule has 0 bridgehead atoms. The Balaban J connectivity index is 2.12. The molecule has 0 fully saturated rings. The molecule has 2 N–H and O–H groups in total. The fraction of sp³-hybridized carbons (Fsp3) is 0.250. The molecule has 2 aromatic carbocycles. The standard InChI is InChI=1S/C16H18FNOS/c1-11-7-12(2)9-13(8-11)16(18)10-20(19)15-5-3-14(17)4-6-15/h3-9,16H,10,18H2,1-2H3. The molecule has 0 aliphatic heterocycles. The number of hydrogen-bond acceptors (Lipinski definition) is 2. The van der Waals surface area contributed by atoms with Gasteiger partial charge in [-0.3, -0.25) is 4.21 Å². The van der Waals surface area contributed by atoms with Crippen molar-refractivity contribution in [3.8, 4) is 0 Å². The van der Waals surface area contributed by atoms with Crippen LogP contribution in [0.5, 0.6) is 0 Å². The maximum atomic E-state index is 12.8. The number of nitrogens with two attached hydrogens (primary N) is 1. The topological polar surface area (TPSA) is 43.1 Å². The van der Waals surface area contributed by atoms with E-state index in [2.05, 4.69) is 6.07 Å². The maximum Gasteiger partial charge on any atom is 0.123 e. The molecule has 0 radical (unpaired) electrons. The summed E-state index contributed by atoms with van der Waals surface area (Å²) in [5.41, 5.74) is 9.40. The van der Waals surface area contributed by atoms with Gasteiger partial charge in [-0.15, -0.1) is 0 Å². The van der Waals surface area contributed by atoms with E-state index < -0.39 is 10.8 Å². The summed E-state index contributed by atoms with van der Waals surface area (Å²) in [6.45, 7) is 4.03. The van der Waals surface area contributed by atoms with Crippen LogP contribution in [0.4, 0.5) is 4.39 Å². The zero-order valence-corrected chi connectivity index (χ0v) is 12.4. The minimum atomic E-state index is -1.23. The fourth-order valence-corrected chi connectivity index (χ4v) is 3.32. The Kier molecular flexibility index (Phi) is 4.68. The second-order valence-electron chi connectivity index (χ2n) is 4.99. The molecule has 0 aromatic heterocycles. The van der Waals surface area contributed by atoms with Crippen LogP contribution in [-0.4, -0.2) is 9.96 Å². The number of benzene rings is 2. The summed E-state index contributed by atoms with van der Waals surface area (Å²) in [6, 6.07) is 11.5. The van der Waals surface area contributed by atoms with E-state index in [0.717, 1.165) is 16.7 Å². The zero-order valence-electron chi connectivity index (χ0n) is 11.6. The molecular weight excluding hydrogens is 273 g/mol. The van der Waals surface area contributed by atoms with Gasteiger partial charge in [-0.05, 0) is 43.7 Å². The second kappa shape index (κ2) is 6.29. The lowest BCUT2D eigenvalue weighted by molar-refractivity contribution is 0.626. The highest BCUT2D eigenvalue weighted by atomic mass is 32.2. The molecule has 4 heteroatoms. The molecular formula is C16H18FNOS. The molecule has 0 aliphatic carbocycles. The Labute approximate surface area is 121 Å². The van der Waals surface area contributed by atoms with Gasteiger partial charge in [0.15, 0.2) is 0 Å². The van der Waals surface area contributed by atoms with Crippen LogP contribution in [0, 0.1) is 19.7 Å². The molecule has 0 spiro atoms. The lowest BCUT2D eigenvalue weighted by atomic mass is 10.0. The van der Waals surface area contributed by atoms with E-state index in [1.54, 1.807) is 12.1 Å². The molecule has 2 rings (SSSR count). The van der Waals surface area contributed by atoms with Crippen molar-refractivity contribution in [3.05, 3.63) is 65.0 Å². The molecule has 0 saturated carbocycles. The van der Waals surface area contributed by atoms with E-state index in [9.17, 15) is 8.60 Å². The summed E-state index contributed by atoms with van der Waals surface area (Å²) >= 11 is 0. The van der Waals surface area contributed by atoms with Gasteiger partial charge in [0.25, 0.3) is 0 Å². The first kappa shape index (κ1) is 14.9. The monoisotopic (exact) mass is 291 g/mol. The van der Waals surface area contributed by atoms with Gasteiger partial charge in [-0.2, -0.15) is 0 Å². The third kappa shape index (κ3) is 3.74. The lowest BCUT2D eigenvalue weighted by Gasteiger charge is -2.13. The summed E-state index contributed by atoms with van der Waals surface area (Å²) < 4.78 is 25.1. The van der Waals surface area contributed by atoms with Crippen molar-refractivity contribution < 1.29 is 8.60 Å². The highest BCUT2D eigenvalue weighted by molar-refractivity contribution is 7.85. The van der Waals surface area contributed by atoms with Crippen LogP contribution >= 0.6 is 0 Å². The molecule has 2 unspecified atom stereocenters. The van der Waals surface area contributed by atoms with Crippen LogP contribution in [-0.2, 0) is 10.8 Å². The van der Waals surface area contributed by atoms with Crippen molar-refractivity contribution in [1.82, 2.24) is 0 Å². The number of halogens is 1. The van der Waals surface area contributed by atoms with E-state index >= 15 is 0 Å². The maximum absolute atomic E-state index is 12.8. The van der Waals surface area contributed by atoms with Crippen molar-refractivity contribution in [2.24, 2.45) is 5.73 Å². The van der Waals surface area contributed by atoms with Gasteiger partial charge >= 0.3 is 0 Å². The quantitative estimate of drug-likeness (QED) is 0.939. The highest BCUT2D eigenvalue weighted by Crippen LogP contribution is 2.18. The number of aryl methyl sites for hydroxylation is 2. The fourth-order valence-electron chi connectivity index (χ4n) is 2.17. The molecule has 0 amide bonds. The highest BCUT2D eigenvalue weighted by Gasteiger charge is 2.13. The number of hydrogen-bond donors (Lipinski definition) is 1. The first-order chi connectivity index (χ1) is 9.45. The van der Waals surface area contributed by atoms with E-state index in [0.29, 0.717) is 10.6 Å². The first-order valence-corrected chi connectivity index (χ1v) is 7.75. The van der Waals surface area contributed by atoms with Crippen LogP contribution in [0.1, 0.15) is 22.7 Å². The van der Waals surface area contributed by atoms with Gasteiger partial charge in [0.05, 0.1) is 10.8 Å². The van der Waals surface area contributed by atoms with Crippen LogP contribution in [0.15, 0.2) is 47.4 Å². The Morgan fingerprint density at radius 1 is 1.10 bits per heavy atom. The van der Waals surface area contributed by atoms with Gasteiger partial charge in [-0.25, -0.2) is 4.39 Å². The Morgan fingerprint density at radius 3 is 2.20 bits per heavy atom. The average molecular weight is 291 g/mol. The van der Waals surface area contributed by atoms with E-state index in [1.807, 2.05) is 26.0 Å².